The molecule has 0 unspecified atom stereocenters. The summed E-state index contributed by atoms with van der Waals surface area (Å²) in [7, 11) is 0. The monoisotopic (exact) mass is 531 g/mol. The van der Waals surface area contributed by atoms with E-state index in [1.54, 1.807) is 50.5 Å². The van der Waals surface area contributed by atoms with Crippen molar-refractivity contribution in [1.82, 2.24) is 24.8 Å². The maximum Gasteiger partial charge on any atom is 0.265 e. The number of amides is 1. The Balaban J connectivity index is 1.16. The van der Waals surface area contributed by atoms with E-state index < -0.39 is 5.60 Å². The van der Waals surface area contributed by atoms with Gasteiger partial charge >= 0.3 is 0 Å². The zero-order valence-electron chi connectivity index (χ0n) is 21.1. The van der Waals surface area contributed by atoms with Gasteiger partial charge in [-0.3, -0.25) is 4.79 Å². The Morgan fingerprint density at radius 3 is 2.45 bits per heavy atom. The fraction of sp³-hybridized carbons (Fsp3) is 0.321. The van der Waals surface area contributed by atoms with Gasteiger partial charge in [0.05, 0.1) is 17.1 Å². The van der Waals surface area contributed by atoms with E-state index in [1.807, 2.05) is 17.9 Å². The number of nitrogens with zero attached hydrogens (tertiary/aromatic N) is 5. The molecule has 1 aromatic carbocycles. The van der Waals surface area contributed by atoms with Crippen molar-refractivity contribution >= 4 is 17.2 Å². The minimum absolute atomic E-state index is 0.0204. The van der Waals surface area contributed by atoms with Gasteiger partial charge in [-0.15, -0.1) is 11.3 Å². The molecule has 1 N–H and O–H groups in total. The summed E-state index contributed by atoms with van der Waals surface area (Å²) < 4.78 is 19.8. The van der Waals surface area contributed by atoms with Crippen LogP contribution in [0.2, 0.25) is 0 Å². The zero-order chi connectivity index (χ0) is 26.6. The van der Waals surface area contributed by atoms with E-state index in [9.17, 15) is 14.3 Å². The van der Waals surface area contributed by atoms with Crippen molar-refractivity contribution in [2.75, 3.05) is 13.1 Å². The number of carbonyl (C=O) groups is 1. The van der Waals surface area contributed by atoms with Crippen LogP contribution in [0.3, 0.4) is 0 Å². The fourth-order valence-electron chi connectivity index (χ4n) is 4.87. The van der Waals surface area contributed by atoms with Gasteiger partial charge in [-0.1, -0.05) is 0 Å². The van der Waals surface area contributed by atoms with E-state index in [4.69, 9.17) is 4.74 Å². The Morgan fingerprint density at radius 2 is 1.79 bits per heavy atom. The highest BCUT2D eigenvalue weighted by molar-refractivity contribution is 7.17. The topological polar surface area (TPSA) is 101 Å². The summed E-state index contributed by atoms with van der Waals surface area (Å²) in [6, 6.07) is 11.4. The second kappa shape index (κ2) is 9.21. The molecule has 0 radical (unpaired) electrons. The number of ether oxygens (including phenoxy) is 1. The fourth-order valence-corrected chi connectivity index (χ4v) is 5.85. The number of halogens is 1. The maximum absolute atomic E-state index is 13.4. The van der Waals surface area contributed by atoms with E-state index in [2.05, 4.69) is 19.9 Å². The third kappa shape index (κ3) is 4.65. The molecule has 10 heteroatoms. The van der Waals surface area contributed by atoms with Crippen LogP contribution in [0.5, 0.6) is 5.75 Å². The number of hydrogen-bond acceptors (Lipinski definition) is 8. The SMILES string of the molecule is Cc1nc(-c2ncccn2)sc1C(=O)N1C[C@@H]2[C@H](C1)[C@H]2Oc1cc(-c2ccc(F)cc2)nc(C(C)(C)O)c1. The smallest absolute Gasteiger partial charge is 0.265 e. The summed E-state index contributed by atoms with van der Waals surface area (Å²) in [4.78, 5) is 33.3. The normalized spacial score (nSPS) is 20.3. The number of aryl methyl sites for hydroxylation is 1. The van der Waals surface area contributed by atoms with E-state index in [0.29, 0.717) is 51.6 Å². The Hall–Kier alpha value is -3.76. The van der Waals surface area contributed by atoms with Crippen LogP contribution < -0.4 is 4.74 Å². The molecule has 1 aliphatic carbocycles. The second-order valence-corrected chi connectivity index (χ2v) is 11.3. The van der Waals surface area contributed by atoms with Crippen LogP contribution in [0.1, 0.15) is 34.9 Å². The number of hydrogen-bond donors (Lipinski definition) is 1. The number of benzene rings is 1. The number of thiazole rings is 1. The Kier molecular flexibility index (Phi) is 5.96. The Bertz CT molecular complexity index is 1490. The molecule has 6 rings (SSSR count). The number of likely N-dealkylation sites (tertiary alicyclic amines) is 1. The van der Waals surface area contributed by atoms with Crippen molar-refractivity contribution in [3.63, 3.8) is 0 Å². The average Bonchev–Trinajstić information content (AvgIpc) is 3.22. The Morgan fingerprint density at radius 1 is 1.11 bits per heavy atom. The predicted octanol–water partition coefficient (Wildman–Crippen LogP) is 4.49. The molecule has 1 saturated heterocycles. The van der Waals surface area contributed by atoms with Gasteiger partial charge in [0.15, 0.2) is 10.8 Å². The van der Waals surface area contributed by atoms with Gasteiger partial charge in [-0.05, 0) is 51.1 Å². The van der Waals surface area contributed by atoms with Crippen LogP contribution in [0.15, 0.2) is 54.9 Å². The molecule has 0 bridgehead atoms. The van der Waals surface area contributed by atoms with Crippen molar-refractivity contribution in [2.45, 2.75) is 32.5 Å². The molecule has 3 atom stereocenters. The van der Waals surface area contributed by atoms with Crippen LogP contribution >= 0.6 is 11.3 Å². The molecule has 3 aromatic heterocycles. The number of carbonyl (C=O) groups excluding carboxylic acids is 1. The van der Waals surface area contributed by atoms with Gasteiger partial charge in [-0.25, -0.2) is 24.3 Å². The van der Waals surface area contributed by atoms with E-state index in [0.717, 1.165) is 5.56 Å². The highest BCUT2D eigenvalue weighted by Crippen LogP contribution is 2.49. The summed E-state index contributed by atoms with van der Waals surface area (Å²) in [6.45, 7) is 6.38. The lowest BCUT2D eigenvalue weighted by molar-refractivity contribution is 0.0724. The number of rotatable bonds is 6. The third-order valence-electron chi connectivity index (χ3n) is 6.99. The van der Waals surface area contributed by atoms with Gasteiger partial charge < -0.3 is 14.7 Å². The molecule has 1 aliphatic heterocycles. The standard InChI is InChI=1S/C28H26FN5O3S/c1-15-24(38-26(32-15)25-30-9-4-10-31-25)27(35)34-13-19-20(14-34)23(19)37-18-11-21(16-5-7-17(29)8-6-16)33-22(12-18)28(2,3)36/h4-12,19-20,23,36H,13-14H2,1-3H3/t19-,20+,23+. The van der Waals surface area contributed by atoms with Crippen molar-refractivity contribution in [3.8, 4) is 27.8 Å². The summed E-state index contributed by atoms with van der Waals surface area (Å²) in [6.07, 6.45) is 3.29. The molecule has 8 nitrogen and oxygen atoms in total. The highest BCUT2D eigenvalue weighted by Gasteiger charge is 2.59. The van der Waals surface area contributed by atoms with Gasteiger partial charge in [0.25, 0.3) is 5.91 Å². The van der Waals surface area contributed by atoms with Crippen molar-refractivity contribution in [3.05, 3.63) is 76.9 Å². The molecule has 1 saturated carbocycles. The van der Waals surface area contributed by atoms with Crippen LogP contribution in [0.25, 0.3) is 22.1 Å². The van der Waals surface area contributed by atoms with Crippen LogP contribution in [-0.2, 0) is 5.60 Å². The number of aliphatic hydroxyl groups is 1. The van der Waals surface area contributed by atoms with Gasteiger partial charge in [0.1, 0.15) is 28.1 Å². The van der Waals surface area contributed by atoms with Gasteiger partial charge in [0, 0.05) is 55.0 Å². The third-order valence-corrected chi connectivity index (χ3v) is 8.13. The molecule has 4 aromatic rings. The van der Waals surface area contributed by atoms with E-state index in [-0.39, 0.29) is 29.7 Å². The lowest BCUT2D eigenvalue weighted by Gasteiger charge is -2.21. The lowest BCUT2D eigenvalue weighted by Crippen LogP contribution is -2.33. The highest BCUT2D eigenvalue weighted by atomic mass is 32.1. The average molecular weight is 532 g/mol. The first-order chi connectivity index (χ1) is 18.2. The molecule has 2 aliphatic rings. The number of aromatic nitrogens is 4. The zero-order valence-corrected chi connectivity index (χ0v) is 21.9. The van der Waals surface area contributed by atoms with Crippen molar-refractivity contribution < 1.29 is 19.0 Å². The quantitative estimate of drug-likeness (QED) is 0.391. The Labute approximate surface area is 223 Å². The maximum atomic E-state index is 13.4. The van der Waals surface area contributed by atoms with Crippen molar-refractivity contribution in [2.24, 2.45) is 11.8 Å². The number of piperidine rings is 1. The molecule has 38 heavy (non-hydrogen) atoms. The van der Waals surface area contributed by atoms with Gasteiger partial charge in [0.2, 0.25) is 0 Å². The van der Waals surface area contributed by atoms with Gasteiger partial charge in [-0.2, -0.15) is 0 Å². The van der Waals surface area contributed by atoms with E-state index >= 15 is 0 Å². The summed E-state index contributed by atoms with van der Waals surface area (Å²) in [5.74, 6) is 1.22. The minimum Gasteiger partial charge on any atom is -0.490 e. The minimum atomic E-state index is -1.17. The molecule has 4 heterocycles. The summed E-state index contributed by atoms with van der Waals surface area (Å²) >= 11 is 1.32. The number of fused-ring (bicyclic) bond motifs is 1. The van der Waals surface area contributed by atoms with Crippen LogP contribution in [0.4, 0.5) is 4.39 Å². The first kappa shape index (κ1) is 24.6. The molecule has 0 spiro atoms. The largest absolute Gasteiger partial charge is 0.490 e. The van der Waals surface area contributed by atoms with Crippen molar-refractivity contribution in [1.29, 1.82) is 0 Å². The predicted molar refractivity (Wildman–Crippen MR) is 140 cm³/mol. The van der Waals surface area contributed by atoms with E-state index in [1.165, 1.54) is 23.5 Å². The molecule has 1 amide bonds. The molecular weight excluding hydrogens is 505 g/mol. The summed E-state index contributed by atoms with van der Waals surface area (Å²) in [5, 5.41) is 11.2. The number of pyridine rings is 1. The van der Waals surface area contributed by atoms with Crippen LogP contribution in [0, 0.1) is 24.6 Å². The first-order valence-corrected chi connectivity index (χ1v) is 13.2. The lowest BCUT2D eigenvalue weighted by atomic mass is 10.0. The van der Waals surface area contributed by atoms with Crippen LogP contribution in [-0.4, -0.2) is 55.0 Å². The molecule has 194 valence electrons. The second-order valence-electron chi connectivity index (χ2n) is 10.3. The molecular formula is C28H26FN5O3S. The summed E-state index contributed by atoms with van der Waals surface area (Å²) in [5.41, 5.74) is 1.31. The molecule has 2 fully saturated rings. The first-order valence-electron chi connectivity index (χ1n) is 12.4.